The summed E-state index contributed by atoms with van der Waals surface area (Å²) in [6, 6.07) is 6.41. The lowest BCUT2D eigenvalue weighted by atomic mass is 10.0. The molecule has 0 radical (unpaired) electrons. The van der Waals surface area contributed by atoms with Crippen LogP contribution in [-0.2, 0) is 18.3 Å². The van der Waals surface area contributed by atoms with Gasteiger partial charge in [-0.15, -0.1) is 0 Å². The number of amides is 1. The number of hydrogen-bond acceptors (Lipinski definition) is 2. The average Bonchev–Trinajstić information content (AvgIpc) is 2.76. The summed E-state index contributed by atoms with van der Waals surface area (Å²) in [5.74, 6) is -6.92. The second-order valence-electron chi connectivity index (χ2n) is 7.18. The van der Waals surface area contributed by atoms with E-state index in [1.165, 1.54) is 0 Å². The van der Waals surface area contributed by atoms with E-state index in [2.05, 4.69) is 4.98 Å². The van der Waals surface area contributed by atoms with E-state index in [1.54, 1.807) is 5.32 Å². The molecule has 0 bridgehead atoms. The summed E-state index contributed by atoms with van der Waals surface area (Å²) < 4.78 is 121. The molecule has 35 heavy (non-hydrogen) atoms. The Morgan fingerprint density at radius 1 is 0.857 bits per heavy atom. The van der Waals surface area contributed by atoms with Crippen molar-refractivity contribution in [2.24, 2.45) is 0 Å². The normalized spacial score (nSPS) is 12.5. The third-order valence-electron chi connectivity index (χ3n) is 4.74. The van der Waals surface area contributed by atoms with E-state index >= 15 is 0 Å². The number of pyridine rings is 1. The standard InChI is InChI=1S/C22H12ClF9N2O/c23-16-8-12(11-5-6-17(24)15(7-11)22(30,31)32)9-33-18(16)20(25,26)10-34-19(35)13-3-1-2-4-14(13)21(27,28)29/h1-9H,10H2,(H,34,35). The van der Waals surface area contributed by atoms with Crippen molar-refractivity contribution in [1.29, 1.82) is 0 Å². The molecule has 0 aliphatic rings. The first-order valence-corrected chi connectivity index (χ1v) is 9.84. The van der Waals surface area contributed by atoms with Crippen LogP contribution in [0.3, 0.4) is 0 Å². The summed E-state index contributed by atoms with van der Waals surface area (Å²) in [6.45, 7) is -1.47. The van der Waals surface area contributed by atoms with Crippen molar-refractivity contribution in [1.82, 2.24) is 10.3 Å². The molecule has 1 heterocycles. The van der Waals surface area contributed by atoms with Gasteiger partial charge in [-0.25, -0.2) is 4.39 Å². The summed E-state index contributed by atoms with van der Waals surface area (Å²) in [5.41, 5.74) is -5.20. The number of nitrogens with zero attached hydrogens (tertiary/aromatic N) is 1. The number of carbonyl (C=O) groups is 1. The van der Waals surface area contributed by atoms with E-state index < -0.39 is 64.0 Å². The molecule has 186 valence electrons. The van der Waals surface area contributed by atoms with Crippen molar-refractivity contribution in [3.05, 3.63) is 88.0 Å². The van der Waals surface area contributed by atoms with Crippen molar-refractivity contribution in [3.63, 3.8) is 0 Å². The van der Waals surface area contributed by atoms with Crippen molar-refractivity contribution in [2.75, 3.05) is 6.54 Å². The molecule has 0 spiro atoms. The second kappa shape index (κ2) is 9.40. The van der Waals surface area contributed by atoms with Crippen LogP contribution in [0.2, 0.25) is 5.02 Å². The van der Waals surface area contributed by atoms with Gasteiger partial charge in [-0.2, -0.15) is 35.1 Å². The Morgan fingerprint density at radius 3 is 2.09 bits per heavy atom. The van der Waals surface area contributed by atoms with Crippen LogP contribution < -0.4 is 5.32 Å². The number of hydrogen-bond donors (Lipinski definition) is 1. The van der Waals surface area contributed by atoms with Crippen LogP contribution in [0.4, 0.5) is 39.5 Å². The highest BCUT2D eigenvalue weighted by atomic mass is 35.5. The van der Waals surface area contributed by atoms with Crippen LogP contribution in [0.5, 0.6) is 0 Å². The smallest absolute Gasteiger partial charge is 0.346 e. The Kier molecular flexibility index (Phi) is 7.07. The molecule has 3 aromatic rings. The van der Waals surface area contributed by atoms with Crippen LogP contribution in [0, 0.1) is 5.82 Å². The molecule has 3 rings (SSSR count). The minimum Gasteiger partial charge on any atom is -0.346 e. The highest BCUT2D eigenvalue weighted by Crippen LogP contribution is 2.37. The minimum absolute atomic E-state index is 0.136. The zero-order chi connectivity index (χ0) is 26.2. The van der Waals surface area contributed by atoms with Crippen molar-refractivity contribution < 1.29 is 44.3 Å². The molecule has 0 atom stereocenters. The molecule has 0 fully saturated rings. The lowest BCUT2D eigenvalue weighted by Gasteiger charge is -2.19. The highest BCUT2D eigenvalue weighted by molar-refractivity contribution is 6.31. The van der Waals surface area contributed by atoms with Crippen LogP contribution in [0.1, 0.15) is 27.2 Å². The van der Waals surface area contributed by atoms with Gasteiger partial charge in [0.05, 0.1) is 28.3 Å². The first-order chi connectivity index (χ1) is 16.1. The number of halogens is 10. The Bertz CT molecular complexity index is 1260. The van der Waals surface area contributed by atoms with Crippen LogP contribution in [-0.4, -0.2) is 17.4 Å². The Balaban J connectivity index is 1.83. The van der Waals surface area contributed by atoms with Gasteiger partial charge < -0.3 is 5.32 Å². The maximum absolute atomic E-state index is 14.7. The third-order valence-corrected chi connectivity index (χ3v) is 5.03. The largest absolute Gasteiger partial charge is 0.419 e. The zero-order valence-electron chi connectivity index (χ0n) is 17.0. The SMILES string of the molecule is O=C(NCC(F)(F)c1ncc(-c2ccc(F)c(C(F)(F)F)c2)cc1Cl)c1ccccc1C(F)(F)F. The number of alkyl halides is 8. The molecule has 13 heteroatoms. The Hall–Kier alpha value is -3.28. The minimum atomic E-state index is -5.01. The average molecular weight is 527 g/mol. The summed E-state index contributed by atoms with van der Waals surface area (Å²) in [7, 11) is 0. The lowest BCUT2D eigenvalue weighted by molar-refractivity contribution is -0.140. The van der Waals surface area contributed by atoms with E-state index in [0.717, 1.165) is 36.5 Å². The molecule has 0 aliphatic heterocycles. The zero-order valence-corrected chi connectivity index (χ0v) is 17.8. The molecule has 1 amide bonds. The monoisotopic (exact) mass is 526 g/mol. The second-order valence-corrected chi connectivity index (χ2v) is 7.58. The predicted molar refractivity (Wildman–Crippen MR) is 107 cm³/mol. The number of benzene rings is 2. The maximum Gasteiger partial charge on any atom is 0.419 e. The molecule has 3 nitrogen and oxygen atoms in total. The van der Waals surface area contributed by atoms with Crippen LogP contribution in [0.25, 0.3) is 11.1 Å². The fraction of sp³-hybridized carbons (Fsp3) is 0.182. The molecule has 0 saturated carbocycles. The molecule has 0 unspecified atom stereocenters. The fourth-order valence-electron chi connectivity index (χ4n) is 3.09. The third kappa shape index (κ3) is 5.87. The first-order valence-electron chi connectivity index (χ1n) is 9.46. The van der Waals surface area contributed by atoms with Gasteiger partial charge in [0.1, 0.15) is 11.5 Å². The quantitative estimate of drug-likeness (QED) is 0.360. The molecular formula is C22H12ClF9N2O. The van der Waals surface area contributed by atoms with Gasteiger partial charge in [0.15, 0.2) is 0 Å². The van der Waals surface area contributed by atoms with Gasteiger partial charge in [0.25, 0.3) is 5.91 Å². The van der Waals surface area contributed by atoms with Gasteiger partial charge in [-0.05, 0) is 35.9 Å². The van der Waals surface area contributed by atoms with E-state index in [1.807, 2.05) is 0 Å². The van der Waals surface area contributed by atoms with Crippen molar-refractivity contribution in [2.45, 2.75) is 18.3 Å². The van der Waals surface area contributed by atoms with Crippen molar-refractivity contribution in [3.8, 4) is 11.1 Å². The van der Waals surface area contributed by atoms with Crippen LogP contribution in [0.15, 0.2) is 54.7 Å². The predicted octanol–water partition coefficient (Wildman–Crippen LogP) is 7.10. The lowest BCUT2D eigenvalue weighted by Crippen LogP contribution is -2.36. The number of rotatable bonds is 5. The van der Waals surface area contributed by atoms with E-state index in [0.29, 0.717) is 18.2 Å². The van der Waals surface area contributed by atoms with Gasteiger partial charge >= 0.3 is 18.3 Å². The summed E-state index contributed by atoms with van der Waals surface area (Å²) in [6.07, 6.45) is -9.14. The van der Waals surface area contributed by atoms with Gasteiger partial charge in [-0.3, -0.25) is 9.78 Å². The molecule has 1 aromatic heterocycles. The van der Waals surface area contributed by atoms with Gasteiger partial charge in [-0.1, -0.05) is 29.8 Å². The topological polar surface area (TPSA) is 42.0 Å². The van der Waals surface area contributed by atoms with Crippen molar-refractivity contribution >= 4 is 17.5 Å². The number of nitrogens with one attached hydrogen (secondary N) is 1. The molecule has 0 saturated heterocycles. The van der Waals surface area contributed by atoms with Gasteiger partial charge in [0.2, 0.25) is 0 Å². The molecule has 1 N–H and O–H groups in total. The van der Waals surface area contributed by atoms with Crippen LogP contribution >= 0.6 is 11.6 Å². The Morgan fingerprint density at radius 2 is 1.49 bits per heavy atom. The number of carbonyl (C=O) groups excluding carboxylic acids is 1. The summed E-state index contributed by atoms with van der Waals surface area (Å²) in [4.78, 5) is 15.6. The molecule has 0 aliphatic carbocycles. The highest BCUT2D eigenvalue weighted by Gasteiger charge is 2.39. The maximum atomic E-state index is 14.7. The summed E-state index contributed by atoms with van der Waals surface area (Å²) in [5, 5.41) is 1.00. The summed E-state index contributed by atoms with van der Waals surface area (Å²) >= 11 is 5.84. The van der Waals surface area contributed by atoms with E-state index in [9.17, 15) is 44.3 Å². The van der Waals surface area contributed by atoms with E-state index in [-0.39, 0.29) is 11.1 Å². The molecule has 2 aromatic carbocycles. The van der Waals surface area contributed by atoms with E-state index in [4.69, 9.17) is 11.6 Å². The van der Waals surface area contributed by atoms with Gasteiger partial charge in [0, 0.05) is 11.8 Å². The Labute approximate surface area is 196 Å². The fourth-order valence-corrected chi connectivity index (χ4v) is 3.39. The molecular weight excluding hydrogens is 515 g/mol. The number of aromatic nitrogens is 1. The first kappa shape index (κ1) is 26.3.